The van der Waals surface area contributed by atoms with Gasteiger partial charge in [0.25, 0.3) is 11.5 Å². The zero-order chi connectivity index (χ0) is 18.0. The number of carbonyl (C=O) groups excluding carboxylic acids is 1. The SMILES string of the molecule is Cn1c(C(=O)Nc2cccc(C3OCCCO3)c2)cc(=O)n(C)c1=O. The summed E-state index contributed by atoms with van der Waals surface area (Å²) >= 11 is 0. The number of rotatable bonds is 3. The number of benzene rings is 1. The molecule has 1 amide bonds. The Kier molecular flexibility index (Phi) is 4.82. The van der Waals surface area contributed by atoms with Crippen LogP contribution in [0.5, 0.6) is 0 Å². The van der Waals surface area contributed by atoms with Crippen molar-refractivity contribution in [3.05, 3.63) is 62.4 Å². The molecule has 0 atom stereocenters. The van der Waals surface area contributed by atoms with Crippen molar-refractivity contribution in [2.75, 3.05) is 18.5 Å². The number of carbonyl (C=O) groups is 1. The first kappa shape index (κ1) is 17.1. The standard InChI is InChI=1S/C17H19N3O5/c1-19-13(10-14(21)20(2)17(19)23)15(22)18-12-6-3-5-11(9-12)16-24-7-4-8-25-16/h3,5-6,9-10,16H,4,7-8H2,1-2H3,(H,18,22). The third-order valence-electron chi connectivity index (χ3n) is 4.00. The van der Waals surface area contributed by atoms with Crippen molar-refractivity contribution in [2.45, 2.75) is 12.7 Å². The van der Waals surface area contributed by atoms with Crippen LogP contribution in [0.2, 0.25) is 0 Å². The van der Waals surface area contributed by atoms with Gasteiger partial charge in [0.15, 0.2) is 6.29 Å². The molecule has 2 aromatic rings. The fraction of sp³-hybridized carbons (Fsp3) is 0.353. The van der Waals surface area contributed by atoms with Crippen LogP contribution in [0.25, 0.3) is 0 Å². The third kappa shape index (κ3) is 3.54. The van der Waals surface area contributed by atoms with E-state index in [-0.39, 0.29) is 5.69 Å². The molecule has 0 spiro atoms. The number of amides is 1. The molecule has 25 heavy (non-hydrogen) atoms. The lowest BCUT2D eigenvalue weighted by Gasteiger charge is -2.23. The summed E-state index contributed by atoms with van der Waals surface area (Å²) in [7, 11) is 2.80. The molecule has 8 heteroatoms. The molecule has 0 radical (unpaired) electrons. The molecule has 132 valence electrons. The van der Waals surface area contributed by atoms with Crippen LogP contribution >= 0.6 is 0 Å². The highest BCUT2D eigenvalue weighted by atomic mass is 16.7. The Balaban J connectivity index is 1.84. The van der Waals surface area contributed by atoms with E-state index in [2.05, 4.69) is 5.32 Å². The molecule has 0 saturated carbocycles. The first-order valence-electron chi connectivity index (χ1n) is 7.89. The van der Waals surface area contributed by atoms with E-state index in [9.17, 15) is 14.4 Å². The zero-order valence-electron chi connectivity index (χ0n) is 14.0. The van der Waals surface area contributed by atoms with Crippen molar-refractivity contribution in [3.8, 4) is 0 Å². The number of hydrogen-bond acceptors (Lipinski definition) is 5. The van der Waals surface area contributed by atoms with Crippen LogP contribution < -0.4 is 16.6 Å². The Morgan fingerprint density at radius 3 is 2.56 bits per heavy atom. The average molecular weight is 345 g/mol. The van der Waals surface area contributed by atoms with Crippen molar-refractivity contribution in [1.82, 2.24) is 9.13 Å². The maximum Gasteiger partial charge on any atom is 0.331 e. The Morgan fingerprint density at radius 2 is 1.84 bits per heavy atom. The van der Waals surface area contributed by atoms with Crippen molar-refractivity contribution >= 4 is 11.6 Å². The second-order valence-electron chi connectivity index (χ2n) is 5.78. The van der Waals surface area contributed by atoms with Crippen molar-refractivity contribution < 1.29 is 14.3 Å². The summed E-state index contributed by atoms with van der Waals surface area (Å²) in [5, 5.41) is 2.69. The lowest BCUT2D eigenvalue weighted by atomic mass is 10.2. The van der Waals surface area contributed by atoms with Crippen LogP contribution in [-0.2, 0) is 23.6 Å². The van der Waals surface area contributed by atoms with Gasteiger partial charge in [-0.25, -0.2) is 4.79 Å². The highest BCUT2D eigenvalue weighted by Crippen LogP contribution is 2.25. The van der Waals surface area contributed by atoms with E-state index >= 15 is 0 Å². The molecule has 1 fully saturated rings. The van der Waals surface area contributed by atoms with Gasteiger partial charge < -0.3 is 14.8 Å². The van der Waals surface area contributed by atoms with E-state index in [0.717, 1.165) is 27.2 Å². The molecule has 1 aromatic heterocycles. The molecule has 0 bridgehead atoms. The largest absolute Gasteiger partial charge is 0.348 e. The smallest absolute Gasteiger partial charge is 0.331 e. The molecular formula is C17H19N3O5. The summed E-state index contributed by atoms with van der Waals surface area (Å²) in [6.07, 6.45) is 0.392. The van der Waals surface area contributed by atoms with Gasteiger partial charge in [0.1, 0.15) is 5.69 Å². The van der Waals surface area contributed by atoms with Crippen molar-refractivity contribution in [2.24, 2.45) is 14.1 Å². The number of aromatic nitrogens is 2. The van der Waals surface area contributed by atoms with E-state index in [1.807, 2.05) is 6.07 Å². The van der Waals surface area contributed by atoms with E-state index in [0.29, 0.717) is 18.9 Å². The Bertz CT molecular complexity index is 909. The highest BCUT2D eigenvalue weighted by molar-refractivity contribution is 6.03. The summed E-state index contributed by atoms with van der Waals surface area (Å²) in [4.78, 5) is 36.2. The van der Waals surface area contributed by atoms with E-state index in [1.54, 1.807) is 18.2 Å². The zero-order valence-corrected chi connectivity index (χ0v) is 14.0. The highest BCUT2D eigenvalue weighted by Gasteiger charge is 2.18. The Hall–Kier alpha value is -2.71. The van der Waals surface area contributed by atoms with Gasteiger partial charge in [0.2, 0.25) is 0 Å². The molecule has 1 aromatic carbocycles. The predicted molar refractivity (Wildman–Crippen MR) is 90.6 cm³/mol. The van der Waals surface area contributed by atoms with Crippen LogP contribution in [0.4, 0.5) is 5.69 Å². The molecule has 8 nitrogen and oxygen atoms in total. The van der Waals surface area contributed by atoms with Crippen LogP contribution in [0, 0.1) is 0 Å². The quantitative estimate of drug-likeness (QED) is 0.887. The fourth-order valence-corrected chi connectivity index (χ4v) is 2.59. The maximum absolute atomic E-state index is 12.5. The molecule has 1 saturated heterocycles. The molecule has 0 unspecified atom stereocenters. The Morgan fingerprint density at radius 1 is 1.12 bits per heavy atom. The third-order valence-corrected chi connectivity index (χ3v) is 4.00. The first-order chi connectivity index (χ1) is 12.0. The summed E-state index contributed by atoms with van der Waals surface area (Å²) in [5.41, 5.74) is 0.203. The molecule has 0 aliphatic carbocycles. The van der Waals surface area contributed by atoms with E-state index < -0.39 is 23.4 Å². The number of anilines is 1. The van der Waals surface area contributed by atoms with E-state index in [1.165, 1.54) is 14.1 Å². The first-order valence-corrected chi connectivity index (χ1v) is 7.89. The van der Waals surface area contributed by atoms with Crippen molar-refractivity contribution in [3.63, 3.8) is 0 Å². The van der Waals surface area contributed by atoms with Gasteiger partial charge in [0, 0.05) is 31.4 Å². The topological polar surface area (TPSA) is 91.6 Å². The van der Waals surface area contributed by atoms with Gasteiger partial charge in [0.05, 0.1) is 13.2 Å². The summed E-state index contributed by atoms with van der Waals surface area (Å²) in [6, 6.07) is 8.21. The van der Waals surface area contributed by atoms with Crippen LogP contribution in [0.1, 0.15) is 28.8 Å². The van der Waals surface area contributed by atoms with Crippen LogP contribution in [0.3, 0.4) is 0 Å². The fourth-order valence-electron chi connectivity index (χ4n) is 2.59. The monoisotopic (exact) mass is 345 g/mol. The Labute approximate surface area is 143 Å². The second-order valence-corrected chi connectivity index (χ2v) is 5.78. The minimum Gasteiger partial charge on any atom is -0.348 e. The van der Waals surface area contributed by atoms with Crippen molar-refractivity contribution in [1.29, 1.82) is 0 Å². The average Bonchev–Trinajstić information content (AvgIpc) is 2.64. The number of ether oxygens (including phenoxy) is 2. The molecule has 2 heterocycles. The summed E-state index contributed by atoms with van der Waals surface area (Å²) in [6.45, 7) is 1.24. The second kappa shape index (κ2) is 7.04. The summed E-state index contributed by atoms with van der Waals surface area (Å²) < 4.78 is 13.2. The van der Waals surface area contributed by atoms with Gasteiger partial charge in [-0.3, -0.25) is 18.7 Å². The van der Waals surface area contributed by atoms with Crippen LogP contribution in [-0.4, -0.2) is 28.3 Å². The lowest BCUT2D eigenvalue weighted by Crippen LogP contribution is -2.40. The van der Waals surface area contributed by atoms with Gasteiger partial charge >= 0.3 is 5.69 Å². The lowest BCUT2D eigenvalue weighted by molar-refractivity contribution is -0.183. The number of nitrogens with zero attached hydrogens (tertiary/aromatic N) is 2. The van der Waals surface area contributed by atoms with E-state index in [4.69, 9.17) is 9.47 Å². The minimum absolute atomic E-state index is 0.0105. The molecule has 1 aliphatic rings. The molecule has 3 rings (SSSR count). The molecule has 1 N–H and O–H groups in total. The van der Waals surface area contributed by atoms with Gasteiger partial charge in [-0.05, 0) is 18.6 Å². The number of hydrogen-bond donors (Lipinski definition) is 1. The maximum atomic E-state index is 12.5. The summed E-state index contributed by atoms with van der Waals surface area (Å²) in [5.74, 6) is -0.542. The number of nitrogens with one attached hydrogen (secondary N) is 1. The predicted octanol–water partition coefficient (Wildman–Crippen LogP) is 0.772. The normalized spacial score (nSPS) is 15.1. The minimum atomic E-state index is -0.560. The van der Waals surface area contributed by atoms with Crippen LogP contribution in [0.15, 0.2) is 39.9 Å². The van der Waals surface area contributed by atoms with Gasteiger partial charge in [-0.2, -0.15) is 0 Å². The van der Waals surface area contributed by atoms with Gasteiger partial charge in [-0.15, -0.1) is 0 Å². The molecular weight excluding hydrogens is 326 g/mol. The van der Waals surface area contributed by atoms with Gasteiger partial charge in [-0.1, -0.05) is 12.1 Å². The molecule has 1 aliphatic heterocycles.